The lowest BCUT2D eigenvalue weighted by molar-refractivity contribution is -0.135. The molecule has 1 N–H and O–H groups in total. The van der Waals surface area contributed by atoms with Crippen LogP contribution in [0.1, 0.15) is 38.5 Å². The summed E-state index contributed by atoms with van der Waals surface area (Å²) in [7, 11) is 1.56. The molecule has 1 saturated carbocycles. The van der Waals surface area contributed by atoms with Gasteiger partial charge in [-0.1, -0.05) is 0 Å². The quantitative estimate of drug-likeness (QED) is 0.844. The second kappa shape index (κ2) is 7.81. The number of piperidine rings is 1. The lowest BCUT2D eigenvalue weighted by Crippen LogP contribution is -2.44. The van der Waals surface area contributed by atoms with E-state index in [0.29, 0.717) is 30.9 Å². The van der Waals surface area contributed by atoms with Crippen LogP contribution in [0.25, 0.3) is 0 Å². The van der Waals surface area contributed by atoms with Crippen molar-refractivity contribution in [1.82, 2.24) is 4.90 Å². The minimum absolute atomic E-state index is 0.0691. The molecule has 3 fully saturated rings. The summed E-state index contributed by atoms with van der Waals surface area (Å²) >= 11 is 0. The van der Waals surface area contributed by atoms with Gasteiger partial charge in [0.2, 0.25) is 17.7 Å². The minimum atomic E-state index is -0.192. The van der Waals surface area contributed by atoms with Crippen LogP contribution in [-0.2, 0) is 14.4 Å². The molecule has 1 aromatic rings. The van der Waals surface area contributed by atoms with E-state index in [1.165, 1.54) is 0 Å². The van der Waals surface area contributed by atoms with Gasteiger partial charge in [0, 0.05) is 43.7 Å². The van der Waals surface area contributed by atoms with E-state index in [1.807, 2.05) is 11.0 Å². The second-order valence-electron chi connectivity index (χ2n) is 7.92. The van der Waals surface area contributed by atoms with Crippen LogP contribution in [0.3, 0.4) is 0 Å². The third kappa shape index (κ3) is 3.84. The summed E-state index contributed by atoms with van der Waals surface area (Å²) in [6, 6.07) is 5.38. The molecule has 3 aliphatic rings. The molecule has 7 nitrogen and oxygen atoms in total. The normalized spacial score (nSPS) is 22.3. The van der Waals surface area contributed by atoms with Crippen LogP contribution < -0.4 is 15.0 Å². The van der Waals surface area contributed by atoms with Gasteiger partial charge in [-0.3, -0.25) is 14.4 Å². The van der Waals surface area contributed by atoms with E-state index >= 15 is 0 Å². The van der Waals surface area contributed by atoms with Gasteiger partial charge >= 0.3 is 0 Å². The minimum Gasteiger partial charge on any atom is -0.494 e. The summed E-state index contributed by atoms with van der Waals surface area (Å²) in [6.07, 6.45) is 5.01. The molecule has 0 aromatic heterocycles. The molecule has 1 aliphatic carbocycles. The zero-order valence-electron chi connectivity index (χ0n) is 16.3. The summed E-state index contributed by atoms with van der Waals surface area (Å²) in [6.45, 7) is 1.94. The van der Waals surface area contributed by atoms with Crippen LogP contribution in [0.15, 0.2) is 18.2 Å². The number of hydrogen-bond donors (Lipinski definition) is 1. The van der Waals surface area contributed by atoms with E-state index in [4.69, 9.17) is 4.74 Å². The Hall–Kier alpha value is -2.57. The molecule has 1 aromatic carbocycles. The van der Waals surface area contributed by atoms with Gasteiger partial charge in [-0.15, -0.1) is 0 Å². The second-order valence-corrected chi connectivity index (χ2v) is 7.92. The van der Waals surface area contributed by atoms with Crippen molar-refractivity contribution in [2.24, 2.45) is 11.8 Å². The van der Waals surface area contributed by atoms with E-state index in [-0.39, 0.29) is 29.6 Å². The number of anilines is 2. The van der Waals surface area contributed by atoms with Crippen LogP contribution in [0.2, 0.25) is 0 Å². The molecule has 150 valence electrons. The molecule has 0 radical (unpaired) electrons. The predicted octanol–water partition coefficient (Wildman–Crippen LogP) is 2.41. The SMILES string of the molecule is COc1cc(NC(=O)C2CCCN(C(=O)C3CC3)C2)ccc1N1CCCC1=O. The number of rotatable bonds is 5. The van der Waals surface area contributed by atoms with E-state index in [2.05, 4.69) is 5.32 Å². The van der Waals surface area contributed by atoms with Crippen molar-refractivity contribution in [2.75, 3.05) is 37.0 Å². The fourth-order valence-electron chi connectivity index (χ4n) is 4.11. The van der Waals surface area contributed by atoms with Gasteiger partial charge in [0.25, 0.3) is 0 Å². The molecule has 1 unspecified atom stereocenters. The zero-order chi connectivity index (χ0) is 19.7. The number of carbonyl (C=O) groups excluding carboxylic acids is 3. The fourth-order valence-corrected chi connectivity index (χ4v) is 4.11. The highest BCUT2D eigenvalue weighted by Crippen LogP contribution is 2.35. The molecular weight excluding hydrogens is 358 g/mol. The average Bonchev–Trinajstić information content (AvgIpc) is 3.48. The Kier molecular flexibility index (Phi) is 5.24. The van der Waals surface area contributed by atoms with Crippen molar-refractivity contribution in [3.05, 3.63) is 18.2 Å². The molecule has 28 heavy (non-hydrogen) atoms. The van der Waals surface area contributed by atoms with Crippen molar-refractivity contribution in [2.45, 2.75) is 38.5 Å². The summed E-state index contributed by atoms with van der Waals surface area (Å²) in [5.74, 6) is 0.799. The van der Waals surface area contributed by atoms with E-state index in [1.54, 1.807) is 24.1 Å². The van der Waals surface area contributed by atoms with E-state index in [0.717, 1.165) is 44.3 Å². The Labute approximate surface area is 165 Å². The maximum Gasteiger partial charge on any atom is 0.229 e. The molecule has 2 heterocycles. The molecule has 0 bridgehead atoms. The van der Waals surface area contributed by atoms with Gasteiger partial charge < -0.3 is 19.9 Å². The number of nitrogens with one attached hydrogen (secondary N) is 1. The van der Waals surface area contributed by atoms with Crippen molar-refractivity contribution in [3.63, 3.8) is 0 Å². The highest BCUT2D eigenvalue weighted by molar-refractivity contribution is 5.98. The highest BCUT2D eigenvalue weighted by atomic mass is 16.5. The Morgan fingerprint density at radius 2 is 1.93 bits per heavy atom. The van der Waals surface area contributed by atoms with Gasteiger partial charge in [-0.2, -0.15) is 0 Å². The number of amides is 3. The predicted molar refractivity (Wildman–Crippen MR) is 105 cm³/mol. The van der Waals surface area contributed by atoms with Gasteiger partial charge in [-0.25, -0.2) is 0 Å². The van der Waals surface area contributed by atoms with Crippen molar-refractivity contribution in [1.29, 1.82) is 0 Å². The summed E-state index contributed by atoms with van der Waals surface area (Å²) in [5, 5.41) is 2.96. The first-order valence-corrected chi connectivity index (χ1v) is 10.1. The van der Waals surface area contributed by atoms with Crippen LogP contribution in [0.5, 0.6) is 5.75 Å². The standard InChI is InChI=1S/C21H27N3O4/c1-28-18-12-16(8-9-17(18)24-11-3-5-19(24)25)22-20(26)15-4-2-10-23(13-15)21(27)14-6-7-14/h8-9,12,14-15H,2-7,10-11,13H2,1H3,(H,22,26). The first-order valence-electron chi connectivity index (χ1n) is 10.1. The largest absolute Gasteiger partial charge is 0.494 e. The molecule has 2 saturated heterocycles. The number of hydrogen-bond acceptors (Lipinski definition) is 4. The molecule has 0 spiro atoms. The number of likely N-dealkylation sites (tertiary alicyclic amines) is 1. The van der Waals surface area contributed by atoms with E-state index < -0.39 is 0 Å². The third-order valence-corrected chi connectivity index (χ3v) is 5.84. The first-order chi connectivity index (χ1) is 13.6. The van der Waals surface area contributed by atoms with Crippen LogP contribution >= 0.6 is 0 Å². The summed E-state index contributed by atoms with van der Waals surface area (Å²) in [5.41, 5.74) is 1.38. The van der Waals surface area contributed by atoms with Crippen LogP contribution in [0, 0.1) is 11.8 Å². The number of methoxy groups -OCH3 is 1. The van der Waals surface area contributed by atoms with E-state index in [9.17, 15) is 14.4 Å². The van der Waals surface area contributed by atoms with Gasteiger partial charge in [-0.05, 0) is 44.2 Å². The Morgan fingerprint density at radius 1 is 1.11 bits per heavy atom. The number of nitrogens with zero attached hydrogens (tertiary/aromatic N) is 2. The van der Waals surface area contributed by atoms with Crippen molar-refractivity contribution in [3.8, 4) is 5.75 Å². The zero-order valence-corrected chi connectivity index (χ0v) is 16.3. The van der Waals surface area contributed by atoms with Crippen LogP contribution in [0.4, 0.5) is 11.4 Å². The smallest absolute Gasteiger partial charge is 0.229 e. The number of ether oxygens (including phenoxy) is 1. The van der Waals surface area contributed by atoms with Crippen molar-refractivity contribution >= 4 is 29.1 Å². The maximum atomic E-state index is 12.8. The van der Waals surface area contributed by atoms with Gasteiger partial charge in [0.15, 0.2) is 0 Å². The molecule has 1 atom stereocenters. The summed E-state index contributed by atoms with van der Waals surface area (Å²) in [4.78, 5) is 40.7. The number of carbonyl (C=O) groups is 3. The van der Waals surface area contributed by atoms with Crippen LogP contribution in [-0.4, -0.2) is 49.4 Å². The third-order valence-electron chi connectivity index (χ3n) is 5.84. The maximum absolute atomic E-state index is 12.8. The Bertz CT molecular complexity index is 790. The lowest BCUT2D eigenvalue weighted by Gasteiger charge is -2.32. The fraction of sp³-hybridized carbons (Fsp3) is 0.571. The Balaban J connectivity index is 1.42. The summed E-state index contributed by atoms with van der Waals surface area (Å²) < 4.78 is 5.46. The Morgan fingerprint density at radius 3 is 2.61 bits per heavy atom. The number of benzene rings is 1. The molecule has 2 aliphatic heterocycles. The molecule has 7 heteroatoms. The topological polar surface area (TPSA) is 79.0 Å². The highest BCUT2D eigenvalue weighted by Gasteiger charge is 2.36. The molecule has 3 amide bonds. The molecular formula is C21H27N3O4. The average molecular weight is 385 g/mol. The first kappa shape index (κ1) is 18.8. The van der Waals surface area contributed by atoms with Gasteiger partial charge in [0.1, 0.15) is 5.75 Å². The molecule has 4 rings (SSSR count). The van der Waals surface area contributed by atoms with Crippen molar-refractivity contribution < 1.29 is 19.1 Å². The van der Waals surface area contributed by atoms with Gasteiger partial charge in [0.05, 0.1) is 18.7 Å². The lowest BCUT2D eigenvalue weighted by atomic mass is 9.96. The monoisotopic (exact) mass is 385 g/mol.